The Hall–Kier alpha value is -1.84. The van der Waals surface area contributed by atoms with Crippen LogP contribution in [-0.4, -0.2) is 37.5 Å². The molecule has 0 unspecified atom stereocenters. The summed E-state index contributed by atoms with van der Waals surface area (Å²) >= 11 is 0. The molecular formula is C14H19NO3. The van der Waals surface area contributed by atoms with Gasteiger partial charge < -0.3 is 9.64 Å². The molecule has 1 amide bonds. The average molecular weight is 249 g/mol. The molecule has 0 radical (unpaired) electrons. The van der Waals surface area contributed by atoms with E-state index in [0.717, 1.165) is 16.7 Å². The van der Waals surface area contributed by atoms with E-state index < -0.39 is 5.97 Å². The normalized spacial score (nSPS) is 10.0. The van der Waals surface area contributed by atoms with Crippen LogP contribution in [-0.2, 0) is 20.7 Å². The molecule has 0 fully saturated rings. The minimum atomic E-state index is -0.410. The van der Waals surface area contributed by atoms with Crippen LogP contribution >= 0.6 is 0 Å². The van der Waals surface area contributed by atoms with Gasteiger partial charge in [0, 0.05) is 7.05 Å². The Morgan fingerprint density at radius 2 is 1.94 bits per heavy atom. The van der Waals surface area contributed by atoms with Crippen molar-refractivity contribution in [2.45, 2.75) is 20.3 Å². The van der Waals surface area contributed by atoms with Crippen LogP contribution < -0.4 is 0 Å². The van der Waals surface area contributed by atoms with Crippen LogP contribution in [0.15, 0.2) is 18.2 Å². The Bertz CT molecular complexity index is 454. The average Bonchev–Trinajstić information content (AvgIpc) is 2.33. The second-order valence-electron chi connectivity index (χ2n) is 4.43. The number of carbonyl (C=O) groups excluding carboxylic acids is 2. The summed E-state index contributed by atoms with van der Waals surface area (Å²) in [5.74, 6) is -0.499. The third-order valence-electron chi connectivity index (χ3n) is 2.87. The van der Waals surface area contributed by atoms with Gasteiger partial charge in [-0.1, -0.05) is 23.8 Å². The van der Waals surface area contributed by atoms with Gasteiger partial charge >= 0.3 is 5.97 Å². The first-order valence-corrected chi connectivity index (χ1v) is 5.81. The van der Waals surface area contributed by atoms with E-state index in [4.69, 9.17) is 0 Å². The Kier molecular flexibility index (Phi) is 4.89. The minimum absolute atomic E-state index is 0.0137. The zero-order valence-electron chi connectivity index (χ0n) is 11.3. The van der Waals surface area contributed by atoms with Crippen molar-refractivity contribution >= 4 is 11.9 Å². The number of hydrogen-bond donors (Lipinski definition) is 0. The van der Waals surface area contributed by atoms with E-state index in [1.165, 1.54) is 12.0 Å². The number of rotatable bonds is 4. The molecule has 0 N–H and O–H groups in total. The van der Waals surface area contributed by atoms with Crippen molar-refractivity contribution < 1.29 is 14.3 Å². The number of esters is 1. The van der Waals surface area contributed by atoms with Gasteiger partial charge in [-0.05, 0) is 25.0 Å². The van der Waals surface area contributed by atoms with Crippen molar-refractivity contribution in [3.63, 3.8) is 0 Å². The molecule has 0 heterocycles. The SMILES string of the molecule is COC(=O)CN(C)C(=O)Cc1cc(C)ccc1C. The number of nitrogens with zero attached hydrogens (tertiary/aromatic N) is 1. The summed E-state index contributed by atoms with van der Waals surface area (Å²) < 4.78 is 4.53. The van der Waals surface area contributed by atoms with Crippen molar-refractivity contribution in [2.24, 2.45) is 0 Å². The van der Waals surface area contributed by atoms with E-state index in [-0.39, 0.29) is 12.5 Å². The van der Waals surface area contributed by atoms with Crippen LogP contribution in [0.1, 0.15) is 16.7 Å². The molecule has 0 bridgehead atoms. The molecule has 4 heteroatoms. The second-order valence-corrected chi connectivity index (χ2v) is 4.43. The Labute approximate surface area is 108 Å². The van der Waals surface area contributed by atoms with Crippen molar-refractivity contribution in [1.29, 1.82) is 0 Å². The molecule has 0 aliphatic heterocycles. The van der Waals surface area contributed by atoms with Crippen LogP contribution in [0.4, 0.5) is 0 Å². The maximum atomic E-state index is 11.9. The predicted molar refractivity (Wildman–Crippen MR) is 69.3 cm³/mol. The van der Waals surface area contributed by atoms with Gasteiger partial charge in [0.2, 0.25) is 5.91 Å². The molecule has 0 aliphatic carbocycles. The number of methoxy groups -OCH3 is 1. The van der Waals surface area contributed by atoms with Crippen LogP contribution in [0, 0.1) is 13.8 Å². The summed E-state index contributed by atoms with van der Waals surface area (Å²) in [5, 5.41) is 0. The molecule has 0 saturated carbocycles. The highest BCUT2D eigenvalue weighted by molar-refractivity contribution is 5.83. The Morgan fingerprint density at radius 1 is 1.28 bits per heavy atom. The number of hydrogen-bond acceptors (Lipinski definition) is 3. The number of benzene rings is 1. The zero-order chi connectivity index (χ0) is 13.7. The molecule has 0 aromatic heterocycles. The quantitative estimate of drug-likeness (QED) is 0.759. The molecule has 1 aromatic rings. The summed E-state index contributed by atoms with van der Waals surface area (Å²) in [4.78, 5) is 24.4. The number of ether oxygens (including phenoxy) is 1. The summed E-state index contributed by atoms with van der Waals surface area (Å²) in [5.41, 5.74) is 3.20. The highest BCUT2D eigenvalue weighted by atomic mass is 16.5. The summed E-state index contributed by atoms with van der Waals surface area (Å²) in [6.45, 7) is 3.95. The molecule has 4 nitrogen and oxygen atoms in total. The lowest BCUT2D eigenvalue weighted by molar-refractivity contribution is -0.145. The molecule has 1 rings (SSSR count). The number of likely N-dealkylation sites (N-methyl/N-ethyl adjacent to an activating group) is 1. The van der Waals surface area contributed by atoms with Crippen LogP contribution in [0.3, 0.4) is 0 Å². The second kappa shape index (κ2) is 6.19. The molecule has 0 spiro atoms. The predicted octanol–water partition coefficient (Wildman–Crippen LogP) is 1.48. The van der Waals surface area contributed by atoms with Gasteiger partial charge in [0.25, 0.3) is 0 Å². The van der Waals surface area contributed by atoms with E-state index in [1.807, 2.05) is 32.0 Å². The topological polar surface area (TPSA) is 46.6 Å². The van der Waals surface area contributed by atoms with E-state index >= 15 is 0 Å². The lowest BCUT2D eigenvalue weighted by Crippen LogP contribution is -2.33. The summed E-state index contributed by atoms with van der Waals surface area (Å²) in [6, 6.07) is 6.01. The fourth-order valence-corrected chi connectivity index (χ4v) is 1.63. The fourth-order valence-electron chi connectivity index (χ4n) is 1.63. The minimum Gasteiger partial charge on any atom is -0.468 e. The van der Waals surface area contributed by atoms with E-state index in [1.54, 1.807) is 7.05 Å². The van der Waals surface area contributed by atoms with Crippen molar-refractivity contribution in [2.75, 3.05) is 20.7 Å². The van der Waals surface area contributed by atoms with Gasteiger partial charge in [-0.3, -0.25) is 9.59 Å². The molecule has 0 aliphatic rings. The van der Waals surface area contributed by atoms with Gasteiger partial charge in [-0.25, -0.2) is 0 Å². The van der Waals surface area contributed by atoms with E-state index in [9.17, 15) is 9.59 Å². The molecule has 0 saturated heterocycles. The smallest absolute Gasteiger partial charge is 0.325 e. The number of aryl methyl sites for hydroxylation is 2. The molecule has 1 aromatic carbocycles. The highest BCUT2D eigenvalue weighted by Crippen LogP contribution is 2.12. The van der Waals surface area contributed by atoms with Gasteiger partial charge in [-0.2, -0.15) is 0 Å². The molecule has 98 valence electrons. The largest absolute Gasteiger partial charge is 0.468 e. The van der Waals surface area contributed by atoms with Crippen LogP contribution in [0.2, 0.25) is 0 Å². The third-order valence-corrected chi connectivity index (χ3v) is 2.87. The van der Waals surface area contributed by atoms with Gasteiger partial charge in [0.1, 0.15) is 6.54 Å². The van der Waals surface area contributed by atoms with Gasteiger partial charge in [0.15, 0.2) is 0 Å². The first-order valence-electron chi connectivity index (χ1n) is 5.81. The van der Waals surface area contributed by atoms with E-state index in [2.05, 4.69) is 4.74 Å². The summed E-state index contributed by atoms with van der Waals surface area (Å²) in [7, 11) is 2.91. The van der Waals surface area contributed by atoms with Crippen LogP contribution in [0.25, 0.3) is 0 Å². The summed E-state index contributed by atoms with van der Waals surface area (Å²) in [6.07, 6.45) is 0.307. The fraction of sp³-hybridized carbons (Fsp3) is 0.429. The lowest BCUT2D eigenvalue weighted by atomic mass is 10.0. The van der Waals surface area contributed by atoms with Crippen molar-refractivity contribution in [1.82, 2.24) is 4.90 Å². The van der Waals surface area contributed by atoms with Crippen molar-refractivity contribution in [3.05, 3.63) is 34.9 Å². The lowest BCUT2D eigenvalue weighted by Gasteiger charge is -2.16. The standard InChI is InChI=1S/C14H19NO3/c1-10-5-6-11(2)12(7-10)8-13(16)15(3)9-14(17)18-4/h5-7H,8-9H2,1-4H3. The third kappa shape index (κ3) is 3.87. The maximum absolute atomic E-state index is 11.9. The van der Waals surface area contributed by atoms with Gasteiger partial charge in [-0.15, -0.1) is 0 Å². The van der Waals surface area contributed by atoms with E-state index in [0.29, 0.717) is 6.42 Å². The van der Waals surface area contributed by atoms with Crippen LogP contribution in [0.5, 0.6) is 0 Å². The number of amides is 1. The molecular weight excluding hydrogens is 230 g/mol. The number of carbonyl (C=O) groups is 2. The Morgan fingerprint density at radius 3 is 2.56 bits per heavy atom. The first kappa shape index (κ1) is 14.2. The Balaban J connectivity index is 2.69. The highest BCUT2D eigenvalue weighted by Gasteiger charge is 2.14. The zero-order valence-corrected chi connectivity index (χ0v) is 11.3. The molecule has 18 heavy (non-hydrogen) atoms. The first-order chi connectivity index (χ1) is 8.43. The van der Waals surface area contributed by atoms with Crippen molar-refractivity contribution in [3.8, 4) is 0 Å². The monoisotopic (exact) mass is 249 g/mol. The maximum Gasteiger partial charge on any atom is 0.325 e. The molecule has 0 atom stereocenters. The van der Waals surface area contributed by atoms with Gasteiger partial charge in [0.05, 0.1) is 13.5 Å².